The molecule has 0 amide bonds. The largest absolute Gasteiger partial charge is 0.310 e. The van der Waals surface area contributed by atoms with Crippen LogP contribution >= 0.6 is 11.6 Å². The molecular weight excluding hydrogens is 317 g/mol. The van der Waals surface area contributed by atoms with Gasteiger partial charge in [0.2, 0.25) is 0 Å². The van der Waals surface area contributed by atoms with Gasteiger partial charge in [-0.15, -0.1) is 0 Å². The van der Waals surface area contributed by atoms with Crippen LogP contribution < -0.4 is 5.56 Å². The number of nitrogens with zero attached hydrogens (tertiary/aromatic N) is 2. The van der Waals surface area contributed by atoms with Gasteiger partial charge in [-0.3, -0.25) is 9.69 Å². The number of rotatable bonds is 3. The van der Waals surface area contributed by atoms with Gasteiger partial charge in [0, 0.05) is 41.7 Å². The van der Waals surface area contributed by atoms with E-state index in [0.717, 1.165) is 29.9 Å². The number of hydrogen-bond donors (Lipinski definition) is 1. The van der Waals surface area contributed by atoms with Gasteiger partial charge < -0.3 is 4.98 Å². The summed E-state index contributed by atoms with van der Waals surface area (Å²) in [5.41, 5.74) is 2.09. The first-order chi connectivity index (χ1) is 11.1. The van der Waals surface area contributed by atoms with E-state index in [-0.39, 0.29) is 11.4 Å². The molecule has 2 heterocycles. The van der Waals surface area contributed by atoms with Gasteiger partial charge in [0.05, 0.1) is 5.69 Å². The maximum Gasteiger partial charge on any atom is 0.254 e. The Morgan fingerprint density at radius 3 is 2.96 bits per heavy atom. The molecule has 4 rings (SSSR count). The van der Waals surface area contributed by atoms with Crippen molar-refractivity contribution in [2.75, 3.05) is 6.54 Å². The third-order valence-corrected chi connectivity index (χ3v) is 4.93. The van der Waals surface area contributed by atoms with Gasteiger partial charge in [-0.1, -0.05) is 17.7 Å². The zero-order valence-corrected chi connectivity index (χ0v) is 13.4. The highest BCUT2D eigenvalue weighted by atomic mass is 35.5. The van der Waals surface area contributed by atoms with Crippen LogP contribution in [0.5, 0.6) is 0 Å². The summed E-state index contributed by atoms with van der Waals surface area (Å²) in [5.74, 6) is 0.921. The lowest BCUT2D eigenvalue weighted by atomic mass is 10.1. The maximum absolute atomic E-state index is 14.0. The van der Waals surface area contributed by atoms with Crippen LogP contribution in [0.3, 0.4) is 0 Å². The number of aromatic amines is 1. The Bertz CT molecular complexity index is 796. The van der Waals surface area contributed by atoms with Crippen molar-refractivity contribution in [3.8, 4) is 0 Å². The average molecular weight is 334 g/mol. The summed E-state index contributed by atoms with van der Waals surface area (Å²) >= 11 is 6.11. The van der Waals surface area contributed by atoms with Crippen molar-refractivity contribution in [1.82, 2.24) is 14.9 Å². The number of halogens is 2. The van der Waals surface area contributed by atoms with Crippen LogP contribution in [0.1, 0.15) is 41.4 Å². The first-order valence-electron chi connectivity index (χ1n) is 7.89. The topological polar surface area (TPSA) is 49.0 Å². The molecule has 1 aliphatic carbocycles. The van der Waals surface area contributed by atoms with E-state index in [1.54, 1.807) is 12.1 Å². The molecule has 0 atom stereocenters. The van der Waals surface area contributed by atoms with E-state index in [4.69, 9.17) is 11.6 Å². The summed E-state index contributed by atoms with van der Waals surface area (Å²) in [6.45, 7) is 1.69. The van der Waals surface area contributed by atoms with Gasteiger partial charge in [0.15, 0.2) is 0 Å². The predicted molar refractivity (Wildman–Crippen MR) is 86.1 cm³/mol. The second-order valence-corrected chi connectivity index (χ2v) is 6.72. The second kappa shape index (κ2) is 5.73. The van der Waals surface area contributed by atoms with Crippen LogP contribution in [0.4, 0.5) is 4.39 Å². The number of H-pyrrole nitrogens is 1. The van der Waals surface area contributed by atoms with E-state index >= 15 is 0 Å². The second-order valence-electron chi connectivity index (χ2n) is 6.31. The monoisotopic (exact) mass is 333 g/mol. The van der Waals surface area contributed by atoms with Crippen molar-refractivity contribution in [1.29, 1.82) is 0 Å². The molecule has 0 saturated heterocycles. The van der Waals surface area contributed by atoms with E-state index in [0.29, 0.717) is 42.6 Å². The maximum atomic E-state index is 14.0. The fraction of sp³-hybridized carbons (Fsp3) is 0.412. The molecule has 2 aromatic rings. The quantitative estimate of drug-likeness (QED) is 0.939. The van der Waals surface area contributed by atoms with Crippen molar-refractivity contribution in [2.45, 2.75) is 38.3 Å². The fourth-order valence-electron chi connectivity index (χ4n) is 3.11. The first-order valence-corrected chi connectivity index (χ1v) is 8.27. The van der Waals surface area contributed by atoms with Crippen LogP contribution in [0.2, 0.25) is 5.02 Å². The zero-order chi connectivity index (χ0) is 16.0. The third-order valence-electron chi connectivity index (χ3n) is 4.58. The highest BCUT2D eigenvalue weighted by Crippen LogP contribution is 2.38. The predicted octanol–water partition coefficient (Wildman–Crippen LogP) is 3.00. The molecule has 4 nitrogen and oxygen atoms in total. The Labute approximate surface area is 138 Å². The first kappa shape index (κ1) is 14.8. The smallest absolute Gasteiger partial charge is 0.254 e. The molecule has 1 aromatic heterocycles. The van der Waals surface area contributed by atoms with Gasteiger partial charge >= 0.3 is 0 Å². The Morgan fingerprint density at radius 1 is 1.39 bits per heavy atom. The average Bonchev–Trinajstić information content (AvgIpc) is 3.35. The normalized spacial score (nSPS) is 18.0. The van der Waals surface area contributed by atoms with Gasteiger partial charge in [-0.2, -0.15) is 0 Å². The molecule has 23 heavy (non-hydrogen) atoms. The van der Waals surface area contributed by atoms with Crippen LogP contribution in [0.25, 0.3) is 0 Å². The van der Waals surface area contributed by atoms with Crippen molar-refractivity contribution in [2.24, 2.45) is 0 Å². The van der Waals surface area contributed by atoms with Gasteiger partial charge in [-0.25, -0.2) is 9.37 Å². The molecule has 6 heteroatoms. The molecule has 120 valence electrons. The van der Waals surface area contributed by atoms with Crippen LogP contribution in [-0.2, 0) is 19.5 Å². The number of fused-ring (bicyclic) bond motifs is 1. The third kappa shape index (κ3) is 2.91. The number of benzene rings is 1. The van der Waals surface area contributed by atoms with Crippen LogP contribution in [0.15, 0.2) is 23.0 Å². The Kier molecular flexibility index (Phi) is 3.70. The molecule has 0 bridgehead atoms. The highest BCUT2D eigenvalue weighted by molar-refractivity contribution is 6.31. The summed E-state index contributed by atoms with van der Waals surface area (Å²) in [6, 6.07) is 4.73. The minimum atomic E-state index is -0.291. The Hall–Kier alpha value is -1.72. The zero-order valence-electron chi connectivity index (χ0n) is 12.6. The summed E-state index contributed by atoms with van der Waals surface area (Å²) in [6.07, 6.45) is 2.82. The van der Waals surface area contributed by atoms with Gasteiger partial charge in [0.1, 0.15) is 11.6 Å². The molecule has 2 aliphatic rings. The molecule has 0 unspecified atom stereocenters. The van der Waals surface area contributed by atoms with Crippen LogP contribution in [-0.4, -0.2) is 21.4 Å². The number of hydrogen-bond acceptors (Lipinski definition) is 3. The number of nitrogens with one attached hydrogen (secondary N) is 1. The van der Waals surface area contributed by atoms with Gasteiger partial charge in [0.25, 0.3) is 5.56 Å². The Balaban J connectivity index is 1.60. The summed E-state index contributed by atoms with van der Waals surface area (Å²) in [7, 11) is 0. The van der Waals surface area contributed by atoms with Crippen molar-refractivity contribution in [3.05, 3.63) is 62.0 Å². The summed E-state index contributed by atoms with van der Waals surface area (Å²) in [5, 5.41) is 0.438. The lowest BCUT2D eigenvalue weighted by Crippen LogP contribution is -2.35. The molecule has 1 N–H and O–H groups in total. The summed E-state index contributed by atoms with van der Waals surface area (Å²) in [4.78, 5) is 21.9. The van der Waals surface area contributed by atoms with E-state index in [1.165, 1.54) is 6.07 Å². The van der Waals surface area contributed by atoms with E-state index in [1.807, 2.05) is 0 Å². The molecule has 0 spiro atoms. The molecule has 1 saturated carbocycles. The molecule has 0 radical (unpaired) electrons. The molecule has 1 aromatic carbocycles. The van der Waals surface area contributed by atoms with E-state index in [2.05, 4.69) is 14.9 Å². The minimum absolute atomic E-state index is 0.0134. The number of aromatic nitrogens is 2. The van der Waals surface area contributed by atoms with Crippen molar-refractivity contribution >= 4 is 11.6 Å². The van der Waals surface area contributed by atoms with Crippen molar-refractivity contribution < 1.29 is 4.39 Å². The minimum Gasteiger partial charge on any atom is -0.310 e. The fourth-order valence-corrected chi connectivity index (χ4v) is 3.33. The van der Waals surface area contributed by atoms with Crippen LogP contribution in [0, 0.1) is 5.82 Å². The molecular formula is C17H17ClFN3O. The SMILES string of the molecule is O=c1[nH]c(C2CC2)nc2c1CCN(Cc1c(F)cccc1Cl)C2. The molecule has 1 aliphatic heterocycles. The molecule has 1 fully saturated rings. The lowest BCUT2D eigenvalue weighted by Gasteiger charge is -2.28. The van der Waals surface area contributed by atoms with E-state index < -0.39 is 0 Å². The van der Waals surface area contributed by atoms with Crippen molar-refractivity contribution in [3.63, 3.8) is 0 Å². The van der Waals surface area contributed by atoms with Gasteiger partial charge in [-0.05, 0) is 31.4 Å². The Morgan fingerprint density at radius 2 is 2.22 bits per heavy atom. The van der Waals surface area contributed by atoms with E-state index in [9.17, 15) is 9.18 Å². The highest BCUT2D eigenvalue weighted by Gasteiger charge is 2.29. The summed E-state index contributed by atoms with van der Waals surface area (Å²) < 4.78 is 14.0. The standard InChI is InChI=1S/C17H17ClFN3O/c18-13-2-1-3-14(19)12(13)8-22-7-6-11-15(9-22)20-16(10-4-5-10)21-17(11)23/h1-3,10H,4-9H2,(H,20,21,23). The lowest BCUT2D eigenvalue weighted by molar-refractivity contribution is 0.237.